The molecule has 0 heteroatoms. The number of rotatable bonds is 10. The van der Waals surface area contributed by atoms with E-state index in [0.29, 0.717) is 0 Å². The molecule has 0 aromatic heterocycles. The zero-order chi connectivity index (χ0) is 32.8. The lowest BCUT2D eigenvalue weighted by atomic mass is 9.78. The van der Waals surface area contributed by atoms with Crippen LogP contribution in [-0.4, -0.2) is 0 Å². The first kappa shape index (κ1) is 34.7. The Labute approximate surface area is 287 Å². The number of benzene rings is 4. The van der Waals surface area contributed by atoms with Gasteiger partial charge in [-0.15, -0.1) is 6.58 Å². The van der Waals surface area contributed by atoms with Gasteiger partial charge in [0.05, 0.1) is 0 Å². The van der Waals surface area contributed by atoms with Crippen LogP contribution in [0.5, 0.6) is 0 Å². The van der Waals surface area contributed by atoms with Crippen LogP contribution in [0.15, 0.2) is 122 Å². The molecule has 6 rings (SSSR count). The molecule has 0 amide bonds. The van der Waals surface area contributed by atoms with Crippen LogP contribution in [0.1, 0.15) is 119 Å². The monoisotopic (exact) mass is 622 g/mol. The van der Waals surface area contributed by atoms with Crippen molar-refractivity contribution in [2.75, 3.05) is 0 Å². The van der Waals surface area contributed by atoms with Gasteiger partial charge in [0.2, 0.25) is 0 Å². The fourth-order valence-corrected chi connectivity index (χ4v) is 7.81. The molecule has 0 heterocycles. The molecule has 4 aromatic rings. The van der Waals surface area contributed by atoms with Crippen molar-refractivity contribution < 1.29 is 0 Å². The normalized spacial score (nSPS) is 21.2. The molecular weight excluding hydrogens is 565 g/mol. The molecule has 0 unspecified atom stereocenters. The molecule has 4 aromatic carbocycles. The van der Waals surface area contributed by atoms with Crippen LogP contribution in [0.25, 0.3) is 22.3 Å². The van der Waals surface area contributed by atoms with Crippen LogP contribution in [0.2, 0.25) is 0 Å². The van der Waals surface area contributed by atoms with Gasteiger partial charge in [0.15, 0.2) is 0 Å². The van der Waals surface area contributed by atoms with E-state index < -0.39 is 0 Å². The topological polar surface area (TPSA) is 0 Å². The highest BCUT2D eigenvalue weighted by Gasteiger charge is 2.21. The molecule has 2 aliphatic carbocycles. The quantitative estimate of drug-likeness (QED) is 0.154. The summed E-state index contributed by atoms with van der Waals surface area (Å²) in [6.07, 6.45) is 22.1. The van der Waals surface area contributed by atoms with Gasteiger partial charge in [0.1, 0.15) is 0 Å². The lowest BCUT2D eigenvalue weighted by Gasteiger charge is -2.27. The Kier molecular flexibility index (Phi) is 13.3. The number of aryl methyl sites for hydroxylation is 2. The average molecular weight is 623 g/mol. The third-order valence-electron chi connectivity index (χ3n) is 10.8. The van der Waals surface area contributed by atoms with Crippen LogP contribution >= 0.6 is 0 Å². The Morgan fingerprint density at radius 2 is 0.830 bits per heavy atom. The lowest BCUT2D eigenvalue weighted by molar-refractivity contribution is 0.376. The van der Waals surface area contributed by atoms with Gasteiger partial charge in [-0.05, 0) is 139 Å². The Balaban J connectivity index is 0.000000185. The van der Waals surface area contributed by atoms with Gasteiger partial charge < -0.3 is 0 Å². The zero-order valence-electron chi connectivity index (χ0n) is 29.5. The molecule has 0 atom stereocenters. The average Bonchev–Trinajstić information content (AvgIpc) is 3.14. The van der Waals surface area contributed by atoms with E-state index >= 15 is 0 Å². The smallest absolute Gasteiger partial charge is 0.0162 e. The minimum absolute atomic E-state index is 0.743. The molecule has 2 fully saturated rings. The second-order valence-corrected chi connectivity index (χ2v) is 14.1. The van der Waals surface area contributed by atoms with Gasteiger partial charge in [-0.2, -0.15) is 0 Å². The van der Waals surface area contributed by atoms with Crippen LogP contribution in [0.3, 0.4) is 0 Å². The highest BCUT2D eigenvalue weighted by atomic mass is 14.3. The molecule has 0 N–H and O–H groups in total. The van der Waals surface area contributed by atoms with Gasteiger partial charge >= 0.3 is 0 Å². The molecule has 0 saturated heterocycles. The summed E-state index contributed by atoms with van der Waals surface area (Å²) in [5, 5.41) is 0. The molecular formula is C47H58. The van der Waals surface area contributed by atoms with Gasteiger partial charge in [0, 0.05) is 0 Å². The summed E-state index contributed by atoms with van der Waals surface area (Å²) < 4.78 is 0. The Bertz CT molecular complexity index is 1490. The van der Waals surface area contributed by atoms with E-state index in [1.165, 1.54) is 122 Å². The fourth-order valence-electron chi connectivity index (χ4n) is 7.81. The molecule has 0 nitrogen and oxygen atoms in total. The largest absolute Gasteiger partial charge is 0.103 e. The summed E-state index contributed by atoms with van der Waals surface area (Å²) in [6, 6.07) is 36.7. The molecule has 0 aliphatic heterocycles. The Morgan fingerprint density at radius 3 is 1.15 bits per heavy atom. The molecule has 246 valence electrons. The number of allylic oxidation sites excluding steroid dienone is 3. The van der Waals surface area contributed by atoms with E-state index in [1.807, 2.05) is 0 Å². The summed E-state index contributed by atoms with van der Waals surface area (Å²) >= 11 is 0. The van der Waals surface area contributed by atoms with E-state index in [1.54, 1.807) is 0 Å². The third kappa shape index (κ3) is 9.93. The molecule has 2 aliphatic rings. The maximum absolute atomic E-state index is 3.94. The van der Waals surface area contributed by atoms with Crippen LogP contribution in [0.4, 0.5) is 0 Å². The molecule has 2 saturated carbocycles. The van der Waals surface area contributed by atoms with E-state index in [4.69, 9.17) is 0 Å². The third-order valence-corrected chi connectivity index (χ3v) is 10.8. The van der Waals surface area contributed by atoms with Crippen molar-refractivity contribution in [2.24, 2.45) is 11.8 Å². The molecule has 47 heavy (non-hydrogen) atoms. The summed E-state index contributed by atoms with van der Waals surface area (Å²) in [6.45, 7) is 10.5. The van der Waals surface area contributed by atoms with E-state index in [0.717, 1.165) is 23.7 Å². The van der Waals surface area contributed by atoms with Crippen molar-refractivity contribution in [3.8, 4) is 22.3 Å². The minimum Gasteiger partial charge on any atom is -0.103 e. The van der Waals surface area contributed by atoms with Crippen molar-refractivity contribution >= 4 is 0 Å². The second kappa shape index (κ2) is 18.1. The van der Waals surface area contributed by atoms with Gasteiger partial charge in [-0.1, -0.05) is 142 Å². The number of hydrogen-bond acceptors (Lipinski definition) is 0. The second-order valence-electron chi connectivity index (χ2n) is 14.1. The van der Waals surface area contributed by atoms with E-state index in [-0.39, 0.29) is 0 Å². The highest BCUT2D eigenvalue weighted by molar-refractivity contribution is 5.65. The maximum Gasteiger partial charge on any atom is -0.0162 e. The first-order valence-electron chi connectivity index (χ1n) is 18.7. The molecule has 0 bridgehead atoms. The highest BCUT2D eigenvalue weighted by Crippen LogP contribution is 2.38. The van der Waals surface area contributed by atoms with Crippen molar-refractivity contribution in [2.45, 2.75) is 110 Å². The molecule has 0 radical (unpaired) electrons. The van der Waals surface area contributed by atoms with E-state index in [2.05, 4.69) is 143 Å². The first-order chi connectivity index (χ1) is 23.1. The SMILES string of the molecule is C/C=C/C1CCC(c2ccc(-c3ccc(CCC)cc3)cc2)CC1.C=CC1CCC(c2ccc(-c3ccc(CCC)cc3)cc2)CC1. The van der Waals surface area contributed by atoms with Crippen molar-refractivity contribution in [1.82, 2.24) is 0 Å². The van der Waals surface area contributed by atoms with Gasteiger partial charge in [0.25, 0.3) is 0 Å². The lowest BCUT2D eigenvalue weighted by Crippen LogP contribution is -2.11. The van der Waals surface area contributed by atoms with Gasteiger partial charge in [-0.3, -0.25) is 0 Å². The predicted octanol–water partition coefficient (Wildman–Crippen LogP) is 13.9. The van der Waals surface area contributed by atoms with Crippen LogP contribution in [-0.2, 0) is 12.8 Å². The minimum atomic E-state index is 0.743. The molecule has 0 spiro atoms. The van der Waals surface area contributed by atoms with Crippen LogP contribution in [0, 0.1) is 11.8 Å². The Morgan fingerprint density at radius 1 is 0.489 bits per heavy atom. The number of hydrogen-bond donors (Lipinski definition) is 0. The fraction of sp³-hybridized carbons (Fsp3) is 0.404. The zero-order valence-corrected chi connectivity index (χ0v) is 29.5. The summed E-state index contributed by atoms with van der Waals surface area (Å²) in [7, 11) is 0. The van der Waals surface area contributed by atoms with E-state index in [9.17, 15) is 0 Å². The maximum atomic E-state index is 3.94. The standard InChI is InChI=1S/C24H30.C23H28/c1-3-5-19-7-11-21(12-8-19)23-15-17-24(18-16-23)22-13-9-20(6-4-2)10-14-22;1-3-5-19-8-12-21(13-9-19)23-16-14-22(15-17-23)20-10-6-18(4-2)7-11-20/h3,5,9-10,13-19,21H,4,6-8,11-12H2,1-2H3;4,8-9,12-18,20H,2-3,5-7,10-11H2,1H3/b5-3+;. The summed E-state index contributed by atoms with van der Waals surface area (Å²) in [5.74, 6) is 3.05. The van der Waals surface area contributed by atoms with Crippen molar-refractivity contribution in [3.63, 3.8) is 0 Å². The summed E-state index contributed by atoms with van der Waals surface area (Å²) in [5.41, 5.74) is 11.2. The van der Waals surface area contributed by atoms with Crippen LogP contribution < -0.4 is 0 Å². The Hall–Kier alpha value is -3.64. The first-order valence-corrected chi connectivity index (χ1v) is 18.7. The van der Waals surface area contributed by atoms with Crippen molar-refractivity contribution in [1.29, 1.82) is 0 Å². The predicted molar refractivity (Wildman–Crippen MR) is 206 cm³/mol. The van der Waals surface area contributed by atoms with Gasteiger partial charge in [-0.25, -0.2) is 0 Å². The summed E-state index contributed by atoms with van der Waals surface area (Å²) in [4.78, 5) is 0. The van der Waals surface area contributed by atoms with Crippen molar-refractivity contribution in [3.05, 3.63) is 144 Å².